The van der Waals surface area contributed by atoms with Gasteiger partial charge in [-0.15, -0.1) is 11.8 Å². The zero-order valence-corrected chi connectivity index (χ0v) is 12.2. The van der Waals surface area contributed by atoms with Gasteiger partial charge in [-0.25, -0.2) is 0 Å². The molecule has 1 aliphatic heterocycles. The molecule has 2 rings (SSSR count). The van der Waals surface area contributed by atoms with Gasteiger partial charge in [-0.1, -0.05) is 6.07 Å². The molecular weight excluding hydrogens is 285 g/mol. The van der Waals surface area contributed by atoms with E-state index >= 15 is 0 Å². The van der Waals surface area contributed by atoms with Gasteiger partial charge < -0.3 is 5.32 Å². The van der Waals surface area contributed by atoms with Crippen molar-refractivity contribution in [2.24, 2.45) is 0 Å². The molecule has 112 valence electrons. The topological polar surface area (TPSA) is 15.3 Å². The van der Waals surface area contributed by atoms with Gasteiger partial charge in [0.25, 0.3) is 0 Å². The van der Waals surface area contributed by atoms with E-state index in [-0.39, 0.29) is 0 Å². The third kappa shape index (κ3) is 4.40. The quantitative estimate of drug-likeness (QED) is 0.861. The molecule has 0 radical (unpaired) electrons. The molecule has 1 aromatic rings. The van der Waals surface area contributed by atoms with E-state index in [0.717, 1.165) is 38.0 Å². The third-order valence-electron chi connectivity index (χ3n) is 3.45. The Morgan fingerprint density at radius 2 is 2.20 bits per heavy atom. The smallest absolute Gasteiger partial charge is 0.314 e. The van der Waals surface area contributed by atoms with Crippen LogP contribution in [0.25, 0.3) is 0 Å². The fraction of sp³-hybridized carbons (Fsp3) is 0.571. The van der Waals surface area contributed by atoms with Gasteiger partial charge >= 0.3 is 6.18 Å². The number of nitrogens with one attached hydrogen (secondary N) is 1. The highest BCUT2D eigenvalue weighted by molar-refractivity contribution is 7.99. The van der Waals surface area contributed by atoms with E-state index in [0.29, 0.717) is 10.9 Å². The first-order valence-corrected chi connectivity index (χ1v) is 7.70. The molecule has 0 unspecified atom stereocenters. The number of hydrogen-bond acceptors (Lipinski definition) is 3. The maximum atomic E-state index is 12.6. The molecule has 0 aromatic heterocycles. The Balaban J connectivity index is 1.85. The summed E-state index contributed by atoms with van der Waals surface area (Å²) in [6.07, 6.45) is -4.26. The van der Waals surface area contributed by atoms with Gasteiger partial charge in [0.2, 0.25) is 0 Å². The van der Waals surface area contributed by atoms with Crippen LogP contribution in [0.3, 0.4) is 0 Å². The van der Waals surface area contributed by atoms with Crippen molar-refractivity contribution in [3.63, 3.8) is 0 Å². The molecule has 1 aliphatic rings. The summed E-state index contributed by atoms with van der Waals surface area (Å²) in [4.78, 5) is 3.06. The minimum absolute atomic E-state index is 0.492. The normalized spacial score (nSPS) is 21.1. The van der Waals surface area contributed by atoms with E-state index in [1.807, 2.05) is 0 Å². The van der Waals surface area contributed by atoms with E-state index < -0.39 is 11.7 Å². The van der Waals surface area contributed by atoms with E-state index in [1.165, 1.54) is 23.9 Å². The lowest BCUT2D eigenvalue weighted by Crippen LogP contribution is -2.50. The van der Waals surface area contributed by atoms with Crippen molar-refractivity contribution in [3.05, 3.63) is 29.8 Å². The third-order valence-corrected chi connectivity index (χ3v) is 4.42. The molecule has 0 amide bonds. The highest BCUT2D eigenvalue weighted by Crippen LogP contribution is 2.31. The zero-order chi connectivity index (χ0) is 14.6. The fourth-order valence-corrected chi connectivity index (χ4v) is 3.20. The van der Waals surface area contributed by atoms with Gasteiger partial charge in [0, 0.05) is 42.9 Å². The zero-order valence-electron chi connectivity index (χ0n) is 11.4. The van der Waals surface area contributed by atoms with E-state index in [4.69, 9.17) is 0 Å². The highest BCUT2D eigenvalue weighted by atomic mass is 32.2. The van der Waals surface area contributed by atoms with Gasteiger partial charge in [0.05, 0.1) is 5.56 Å². The molecule has 0 saturated carbocycles. The average molecular weight is 304 g/mol. The van der Waals surface area contributed by atoms with Crippen molar-refractivity contribution >= 4 is 11.8 Å². The van der Waals surface area contributed by atoms with Crippen LogP contribution in [0.2, 0.25) is 0 Å². The number of hydrogen-bond donors (Lipinski definition) is 1. The van der Waals surface area contributed by atoms with Crippen LogP contribution >= 0.6 is 11.8 Å². The van der Waals surface area contributed by atoms with Crippen molar-refractivity contribution in [1.29, 1.82) is 0 Å². The van der Waals surface area contributed by atoms with Gasteiger partial charge in [-0.2, -0.15) is 13.2 Å². The Bertz CT molecular complexity index is 437. The molecule has 0 bridgehead atoms. The van der Waals surface area contributed by atoms with E-state index in [9.17, 15) is 13.2 Å². The van der Waals surface area contributed by atoms with Crippen molar-refractivity contribution in [2.75, 3.05) is 31.9 Å². The summed E-state index contributed by atoms with van der Waals surface area (Å²) in [5, 5.41) is 3.32. The molecule has 1 saturated heterocycles. The molecular formula is C14H19F3N2S. The van der Waals surface area contributed by atoms with Gasteiger partial charge in [-0.05, 0) is 25.1 Å². The van der Waals surface area contributed by atoms with Crippen LogP contribution in [-0.4, -0.2) is 42.9 Å². The summed E-state index contributed by atoms with van der Waals surface area (Å²) in [6.45, 7) is 6.04. The second-order valence-electron chi connectivity index (χ2n) is 4.96. The second kappa shape index (κ2) is 6.83. The number of alkyl halides is 3. The maximum absolute atomic E-state index is 12.6. The monoisotopic (exact) mass is 304 g/mol. The molecule has 1 N–H and O–H groups in total. The summed E-state index contributed by atoms with van der Waals surface area (Å²) in [7, 11) is 0. The second-order valence-corrected chi connectivity index (χ2v) is 6.13. The van der Waals surface area contributed by atoms with Crippen molar-refractivity contribution in [3.8, 4) is 0 Å². The summed E-state index contributed by atoms with van der Waals surface area (Å²) in [5.74, 6) is 0.811. The van der Waals surface area contributed by atoms with Crippen LogP contribution in [0.4, 0.5) is 13.2 Å². The lowest BCUT2D eigenvalue weighted by atomic mass is 10.2. The molecule has 1 aromatic carbocycles. The fourth-order valence-electron chi connectivity index (χ4n) is 2.26. The average Bonchev–Trinajstić information content (AvgIpc) is 2.40. The number of benzene rings is 1. The summed E-state index contributed by atoms with van der Waals surface area (Å²) >= 11 is 1.48. The molecule has 1 fully saturated rings. The van der Waals surface area contributed by atoms with Gasteiger partial charge in [0.1, 0.15) is 0 Å². The summed E-state index contributed by atoms with van der Waals surface area (Å²) in [5.41, 5.74) is -0.571. The Labute approximate surface area is 121 Å². The first-order valence-electron chi connectivity index (χ1n) is 6.71. The van der Waals surface area contributed by atoms with Crippen molar-refractivity contribution < 1.29 is 13.2 Å². The van der Waals surface area contributed by atoms with Gasteiger partial charge in [0.15, 0.2) is 0 Å². The van der Waals surface area contributed by atoms with Crippen LogP contribution in [0.5, 0.6) is 0 Å². The van der Waals surface area contributed by atoms with Crippen molar-refractivity contribution in [1.82, 2.24) is 10.2 Å². The number of piperazine rings is 1. The number of rotatable bonds is 4. The molecule has 0 spiro atoms. The SMILES string of the molecule is C[C@H]1CNCCN1CCSc1cccc(C(F)(F)F)c1. The summed E-state index contributed by atoms with van der Waals surface area (Å²) < 4.78 is 37.8. The molecule has 20 heavy (non-hydrogen) atoms. The van der Waals surface area contributed by atoms with Gasteiger partial charge in [-0.3, -0.25) is 4.90 Å². The molecule has 1 heterocycles. The largest absolute Gasteiger partial charge is 0.416 e. The van der Waals surface area contributed by atoms with E-state index in [1.54, 1.807) is 6.07 Å². The predicted octanol–water partition coefficient (Wildman–Crippen LogP) is 3.09. The summed E-state index contributed by atoms with van der Waals surface area (Å²) in [6, 6.07) is 6.04. The predicted molar refractivity (Wildman–Crippen MR) is 76.1 cm³/mol. The standard InChI is InChI=1S/C14H19F3N2S/c1-11-10-18-5-6-19(11)7-8-20-13-4-2-3-12(9-13)14(15,16)17/h2-4,9,11,18H,5-8,10H2,1H3/t11-/m0/s1. The molecule has 1 atom stereocenters. The van der Waals surface area contributed by atoms with Crippen LogP contribution in [0.15, 0.2) is 29.2 Å². The van der Waals surface area contributed by atoms with Crippen molar-refractivity contribution in [2.45, 2.75) is 24.0 Å². The lowest BCUT2D eigenvalue weighted by molar-refractivity contribution is -0.137. The highest BCUT2D eigenvalue weighted by Gasteiger charge is 2.30. The number of nitrogens with zero attached hydrogens (tertiary/aromatic N) is 1. The Morgan fingerprint density at radius 3 is 2.90 bits per heavy atom. The Kier molecular flexibility index (Phi) is 5.35. The van der Waals surface area contributed by atoms with E-state index in [2.05, 4.69) is 17.1 Å². The lowest BCUT2D eigenvalue weighted by Gasteiger charge is -2.33. The molecule has 6 heteroatoms. The number of thioether (sulfide) groups is 1. The Morgan fingerprint density at radius 1 is 1.40 bits per heavy atom. The van der Waals surface area contributed by atoms with Crippen LogP contribution < -0.4 is 5.32 Å². The van der Waals surface area contributed by atoms with Crippen LogP contribution in [-0.2, 0) is 6.18 Å². The molecule has 2 nitrogen and oxygen atoms in total. The first-order chi connectivity index (χ1) is 9.47. The minimum atomic E-state index is -4.26. The molecule has 0 aliphatic carbocycles. The maximum Gasteiger partial charge on any atom is 0.416 e. The number of halogens is 3. The minimum Gasteiger partial charge on any atom is -0.314 e. The first kappa shape index (κ1) is 15.7. The van der Waals surface area contributed by atoms with Crippen LogP contribution in [0.1, 0.15) is 12.5 Å². The Hall–Kier alpha value is -0.720. The van der Waals surface area contributed by atoms with Crippen LogP contribution in [0, 0.1) is 0 Å².